The van der Waals surface area contributed by atoms with Crippen LogP contribution in [0.3, 0.4) is 0 Å². The molecule has 1 amide bonds. The summed E-state index contributed by atoms with van der Waals surface area (Å²) in [5.74, 6) is 2.32. The number of carbonyl (C=O) groups excluding carboxylic acids is 1. The minimum Gasteiger partial charge on any atom is -0.393 e. The van der Waals surface area contributed by atoms with Crippen LogP contribution in [0.1, 0.15) is 57.1 Å². The van der Waals surface area contributed by atoms with E-state index >= 15 is 0 Å². The normalized spacial score (nSPS) is 21.3. The van der Waals surface area contributed by atoms with Crippen molar-refractivity contribution >= 4 is 5.91 Å². The quantitative estimate of drug-likeness (QED) is 0.792. The highest BCUT2D eigenvalue weighted by molar-refractivity contribution is 5.85. The van der Waals surface area contributed by atoms with Gasteiger partial charge in [0, 0.05) is 39.1 Å². The zero-order chi connectivity index (χ0) is 18.9. The van der Waals surface area contributed by atoms with Gasteiger partial charge in [0.15, 0.2) is 0 Å². The summed E-state index contributed by atoms with van der Waals surface area (Å²) in [6, 6.07) is 0. The Hall–Kier alpha value is -1.51. The average Bonchev–Trinajstić information content (AvgIpc) is 2.96. The van der Waals surface area contributed by atoms with Gasteiger partial charge in [0.2, 0.25) is 5.91 Å². The fourth-order valence-corrected chi connectivity index (χ4v) is 3.89. The number of nitrogens with zero attached hydrogens (tertiary/aromatic N) is 5. The maximum Gasteiger partial charge on any atom is 0.242 e. The van der Waals surface area contributed by atoms with Crippen LogP contribution in [0.5, 0.6) is 0 Å². The van der Waals surface area contributed by atoms with Crippen molar-refractivity contribution in [1.82, 2.24) is 24.6 Å². The van der Waals surface area contributed by atoms with Crippen LogP contribution < -0.4 is 5.73 Å². The molecule has 0 saturated carbocycles. The number of aromatic nitrogens is 3. The summed E-state index contributed by atoms with van der Waals surface area (Å²) < 4.78 is 2.11. The molecule has 8 nitrogen and oxygen atoms in total. The van der Waals surface area contributed by atoms with Gasteiger partial charge in [-0.15, -0.1) is 10.2 Å². The van der Waals surface area contributed by atoms with Gasteiger partial charge in [-0.2, -0.15) is 0 Å². The molecule has 0 atom stereocenters. The van der Waals surface area contributed by atoms with E-state index in [1.807, 2.05) is 11.9 Å². The summed E-state index contributed by atoms with van der Waals surface area (Å²) in [7, 11) is 2.03. The molecule has 1 aromatic rings. The molecule has 2 aliphatic heterocycles. The third-order valence-corrected chi connectivity index (χ3v) is 5.62. The fraction of sp³-hybridized carbons (Fsp3) is 0.833. The highest BCUT2D eigenvalue weighted by Crippen LogP contribution is 2.28. The first-order valence-electron chi connectivity index (χ1n) is 9.62. The zero-order valence-electron chi connectivity index (χ0n) is 16.2. The third kappa shape index (κ3) is 4.24. The molecule has 3 N–H and O–H groups in total. The van der Waals surface area contributed by atoms with E-state index in [2.05, 4.69) is 19.7 Å². The first kappa shape index (κ1) is 19.3. The van der Waals surface area contributed by atoms with Crippen LogP contribution in [-0.2, 0) is 18.4 Å². The number of hydrogen-bond acceptors (Lipinski definition) is 6. The Balaban J connectivity index is 1.58. The molecule has 26 heavy (non-hydrogen) atoms. The Labute approximate surface area is 155 Å². The van der Waals surface area contributed by atoms with Crippen molar-refractivity contribution in [3.05, 3.63) is 11.6 Å². The molecular weight excluding hydrogens is 332 g/mol. The van der Waals surface area contributed by atoms with Crippen LogP contribution in [0.15, 0.2) is 0 Å². The molecule has 0 bridgehead atoms. The minimum atomic E-state index is -0.813. The Kier molecular flexibility index (Phi) is 5.64. The summed E-state index contributed by atoms with van der Waals surface area (Å²) in [5.41, 5.74) is 5.13. The molecule has 0 aliphatic carbocycles. The van der Waals surface area contributed by atoms with Gasteiger partial charge in [0.05, 0.1) is 18.2 Å². The lowest BCUT2D eigenvalue weighted by atomic mass is 9.94. The van der Waals surface area contributed by atoms with E-state index in [1.165, 1.54) is 0 Å². The number of aliphatic hydroxyl groups is 1. The van der Waals surface area contributed by atoms with Crippen molar-refractivity contribution in [1.29, 1.82) is 0 Å². The maximum absolute atomic E-state index is 12.3. The minimum absolute atomic E-state index is 0.0156. The van der Waals surface area contributed by atoms with E-state index in [4.69, 9.17) is 5.73 Å². The molecule has 0 radical (unpaired) electrons. The highest BCUT2D eigenvalue weighted by Gasteiger charge is 2.32. The number of nitrogens with two attached hydrogens (primary N) is 1. The van der Waals surface area contributed by atoms with Gasteiger partial charge in [0.25, 0.3) is 0 Å². The van der Waals surface area contributed by atoms with Crippen molar-refractivity contribution < 1.29 is 9.90 Å². The van der Waals surface area contributed by atoms with Gasteiger partial charge in [0.1, 0.15) is 11.6 Å². The van der Waals surface area contributed by atoms with Crippen LogP contribution in [0, 0.1) is 0 Å². The first-order valence-corrected chi connectivity index (χ1v) is 9.62. The summed E-state index contributed by atoms with van der Waals surface area (Å²) in [4.78, 5) is 16.5. The monoisotopic (exact) mass is 364 g/mol. The molecule has 0 unspecified atom stereocenters. The number of piperidine rings is 2. The molecule has 2 saturated heterocycles. The zero-order valence-corrected chi connectivity index (χ0v) is 16.2. The van der Waals surface area contributed by atoms with Crippen molar-refractivity contribution in [3.63, 3.8) is 0 Å². The molecule has 3 heterocycles. The summed E-state index contributed by atoms with van der Waals surface area (Å²) in [5, 5.41) is 18.5. The third-order valence-electron chi connectivity index (χ3n) is 5.62. The molecule has 146 valence electrons. The average molecular weight is 364 g/mol. The van der Waals surface area contributed by atoms with Gasteiger partial charge in [-0.25, -0.2) is 0 Å². The predicted molar refractivity (Wildman–Crippen MR) is 98.3 cm³/mol. The van der Waals surface area contributed by atoms with Gasteiger partial charge in [-0.3, -0.25) is 9.69 Å². The second-order valence-electron chi connectivity index (χ2n) is 8.33. The van der Waals surface area contributed by atoms with Crippen LogP contribution in [0.25, 0.3) is 0 Å². The number of amides is 1. The van der Waals surface area contributed by atoms with Crippen molar-refractivity contribution in [2.45, 2.75) is 63.6 Å². The first-order chi connectivity index (χ1) is 12.3. The maximum atomic E-state index is 12.3. The second kappa shape index (κ2) is 7.62. The molecule has 0 spiro atoms. The number of carbonyl (C=O) groups is 1. The number of aliphatic hydroxyl groups excluding tert-OH is 1. The molecule has 8 heteroatoms. The van der Waals surface area contributed by atoms with E-state index in [-0.39, 0.29) is 12.0 Å². The van der Waals surface area contributed by atoms with E-state index in [0.29, 0.717) is 5.92 Å². The van der Waals surface area contributed by atoms with Crippen LogP contribution in [-0.4, -0.2) is 73.4 Å². The smallest absolute Gasteiger partial charge is 0.242 e. The molecule has 2 fully saturated rings. The number of likely N-dealkylation sites (tertiary alicyclic amines) is 2. The van der Waals surface area contributed by atoms with E-state index in [0.717, 1.165) is 70.1 Å². The Bertz CT molecular complexity index is 622. The van der Waals surface area contributed by atoms with E-state index in [9.17, 15) is 9.90 Å². The van der Waals surface area contributed by atoms with Crippen LogP contribution >= 0.6 is 0 Å². The Morgan fingerprint density at radius 2 is 1.77 bits per heavy atom. The van der Waals surface area contributed by atoms with Gasteiger partial charge in [-0.05, 0) is 39.5 Å². The Morgan fingerprint density at radius 3 is 2.35 bits per heavy atom. The molecular formula is C18H32N6O2. The SMILES string of the molecule is Cn1c(CN2CCC(O)CC2)nnc1C1CCN(C(=O)C(C)(C)N)CC1. The van der Waals surface area contributed by atoms with E-state index < -0.39 is 5.54 Å². The van der Waals surface area contributed by atoms with Crippen LogP contribution in [0.2, 0.25) is 0 Å². The lowest BCUT2D eigenvalue weighted by molar-refractivity contribution is -0.136. The summed E-state index contributed by atoms with van der Waals surface area (Å²) >= 11 is 0. The Morgan fingerprint density at radius 1 is 1.15 bits per heavy atom. The van der Waals surface area contributed by atoms with Crippen molar-refractivity contribution in [2.75, 3.05) is 26.2 Å². The summed E-state index contributed by atoms with van der Waals surface area (Å²) in [6.45, 7) is 7.53. The topological polar surface area (TPSA) is 101 Å². The van der Waals surface area contributed by atoms with E-state index in [1.54, 1.807) is 13.8 Å². The lowest BCUT2D eigenvalue weighted by Crippen LogP contribution is -2.53. The molecule has 0 aromatic carbocycles. The van der Waals surface area contributed by atoms with Gasteiger partial charge in [-0.1, -0.05) is 0 Å². The number of rotatable bonds is 4. The molecule has 3 rings (SSSR count). The standard InChI is InChI=1S/C18H32N6O2/c1-18(2,19)17(26)24-10-4-13(5-11-24)16-21-20-15(22(16)3)12-23-8-6-14(25)7-9-23/h13-14,25H,4-12,19H2,1-3H3. The second-order valence-corrected chi connectivity index (χ2v) is 8.33. The highest BCUT2D eigenvalue weighted by atomic mass is 16.3. The van der Waals surface area contributed by atoms with Crippen molar-refractivity contribution in [3.8, 4) is 0 Å². The van der Waals surface area contributed by atoms with Crippen LogP contribution in [0.4, 0.5) is 0 Å². The predicted octanol–water partition coefficient (Wildman–Crippen LogP) is 0.215. The number of hydrogen-bond donors (Lipinski definition) is 2. The van der Waals surface area contributed by atoms with Gasteiger partial charge >= 0.3 is 0 Å². The summed E-state index contributed by atoms with van der Waals surface area (Å²) in [6.07, 6.45) is 3.28. The lowest BCUT2D eigenvalue weighted by Gasteiger charge is -2.35. The van der Waals surface area contributed by atoms with Gasteiger partial charge < -0.3 is 20.3 Å². The van der Waals surface area contributed by atoms with Crippen molar-refractivity contribution in [2.24, 2.45) is 12.8 Å². The fourth-order valence-electron chi connectivity index (χ4n) is 3.89. The molecule has 2 aliphatic rings. The largest absolute Gasteiger partial charge is 0.393 e. The molecule has 1 aromatic heterocycles.